The zero-order chi connectivity index (χ0) is 13.8. The maximum atomic E-state index is 9.66. The summed E-state index contributed by atoms with van der Waals surface area (Å²) in [6.07, 6.45) is 2.18. The van der Waals surface area contributed by atoms with E-state index >= 15 is 0 Å². The Hall–Kier alpha value is -1.06. The summed E-state index contributed by atoms with van der Waals surface area (Å²) in [7, 11) is 3.86. The third-order valence-corrected chi connectivity index (χ3v) is 4.54. The quantitative estimate of drug-likeness (QED) is 0.904. The van der Waals surface area contributed by atoms with Crippen molar-refractivity contribution >= 4 is 0 Å². The molecule has 0 amide bonds. The van der Waals surface area contributed by atoms with Crippen molar-refractivity contribution in [3.8, 4) is 5.75 Å². The van der Waals surface area contributed by atoms with Crippen molar-refractivity contribution in [2.24, 2.45) is 11.8 Å². The molecule has 0 bridgehead atoms. The minimum Gasteiger partial charge on any atom is -0.497 e. The van der Waals surface area contributed by atoms with Gasteiger partial charge in [-0.15, -0.1) is 0 Å². The van der Waals surface area contributed by atoms with Gasteiger partial charge in [-0.05, 0) is 50.0 Å². The van der Waals surface area contributed by atoms with Gasteiger partial charge in [-0.2, -0.15) is 0 Å². The first kappa shape index (κ1) is 14.4. The normalized spacial score (nSPS) is 28.3. The van der Waals surface area contributed by atoms with E-state index in [-0.39, 0.29) is 6.61 Å². The molecule has 19 heavy (non-hydrogen) atoms. The van der Waals surface area contributed by atoms with Gasteiger partial charge in [0.2, 0.25) is 0 Å². The summed E-state index contributed by atoms with van der Waals surface area (Å²) >= 11 is 0. The molecule has 1 N–H and O–H groups in total. The molecule has 1 heterocycles. The van der Waals surface area contributed by atoms with E-state index in [0.717, 1.165) is 18.7 Å². The molecule has 2 rings (SSSR count). The molecular weight excluding hydrogens is 238 g/mol. The predicted octanol–water partition coefficient (Wildman–Crippen LogP) is 2.19. The van der Waals surface area contributed by atoms with Gasteiger partial charge < -0.3 is 14.7 Å². The number of aliphatic hydroxyl groups is 1. The van der Waals surface area contributed by atoms with Crippen molar-refractivity contribution in [1.82, 2.24) is 4.90 Å². The lowest BCUT2D eigenvalue weighted by Crippen LogP contribution is -2.49. The molecule has 1 aromatic rings. The maximum absolute atomic E-state index is 9.66. The van der Waals surface area contributed by atoms with Crippen LogP contribution in [0.4, 0.5) is 0 Å². The molecule has 3 heteroatoms. The number of nitrogens with zero attached hydrogens (tertiary/aromatic N) is 1. The van der Waals surface area contributed by atoms with Gasteiger partial charge in [0.1, 0.15) is 5.75 Å². The fraction of sp³-hybridized carbons (Fsp3) is 0.625. The van der Waals surface area contributed by atoms with Crippen molar-refractivity contribution in [2.45, 2.75) is 25.8 Å². The highest BCUT2D eigenvalue weighted by Crippen LogP contribution is 2.30. The van der Waals surface area contributed by atoms with Gasteiger partial charge in [0.05, 0.1) is 7.11 Å². The summed E-state index contributed by atoms with van der Waals surface area (Å²) in [4.78, 5) is 2.39. The molecule has 0 aliphatic carbocycles. The number of ether oxygens (including phenoxy) is 1. The fourth-order valence-electron chi connectivity index (χ4n) is 3.11. The van der Waals surface area contributed by atoms with Gasteiger partial charge in [-0.1, -0.05) is 19.1 Å². The van der Waals surface area contributed by atoms with Crippen LogP contribution in [0.1, 0.15) is 18.9 Å². The Labute approximate surface area is 116 Å². The van der Waals surface area contributed by atoms with Crippen LogP contribution in [0.25, 0.3) is 0 Å². The monoisotopic (exact) mass is 263 g/mol. The molecule has 3 nitrogen and oxygen atoms in total. The number of piperidine rings is 1. The second-order valence-electron chi connectivity index (χ2n) is 5.71. The Morgan fingerprint density at radius 3 is 2.58 bits per heavy atom. The van der Waals surface area contributed by atoms with Crippen LogP contribution in [0.2, 0.25) is 0 Å². The summed E-state index contributed by atoms with van der Waals surface area (Å²) in [5, 5.41) is 9.66. The molecule has 106 valence electrons. The first-order valence-corrected chi connectivity index (χ1v) is 7.09. The van der Waals surface area contributed by atoms with Gasteiger partial charge >= 0.3 is 0 Å². The number of likely N-dealkylation sites (tertiary alicyclic amines) is 1. The number of rotatable bonds is 4. The second kappa shape index (κ2) is 6.40. The number of likely N-dealkylation sites (N-methyl/N-ethyl adjacent to an activating group) is 1. The van der Waals surface area contributed by atoms with E-state index in [0.29, 0.717) is 17.9 Å². The smallest absolute Gasteiger partial charge is 0.118 e. The Balaban J connectivity index is 2.09. The Kier molecular flexibility index (Phi) is 4.83. The molecule has 0 aromatic heterocycles. The number of methoxy groups -OCH3 is 1. The van der Waals surface area contributed by atoms with Crippen molar-refractivity contribution in [3.05, 3.63) is 29.8 Å². The van der Waals surface area contributed by atoms with E-state index < -0.39 is 0 Å². The number of benzene rings is 1. The molecular formula is C16H25NO2. The van der Waals surface area contributed by atoms with Crippen LogP contribution in [0.5, 0.6) is 5.75 Å². The highest BCUT2D eigenvalue weighted by atomic mass is 16.5. The van der Waals surface area contributed by atoms with Gasteiger partial charge in [0.15, 0.2) is 0 Å². The topological polar surface area (TPSA) is 32.7 Å². The molecule has 0 saturated carbocycles. The average Bonchev–Trinajstić information content (AvgIpc) is 2.44. The summed E-state index contributed by atoms with van der Waals surface area (Å²) in [6, 6.07) is 8.70. The summed E-state index contributed by atoms with van der Waals surface area (Å²) in [5.41, 5.74) is 1.31. The van der Waals surface area contributed by atoms with Crippen LogP contribution in [-0.4, -0.2) is 43.4 Å². The van der Waals surface area contributed by atoms with Crippen LogP contribution < -0.4 is 4.74 Å². The molecule has 0 radical (unpaired) electrons. The van der Waals surface area contributed by atoms with Crippen LogP contribution >= 0.6 is 0 Å². The van der Waals surface area contributed by atoms with Crippen molar-refractivity contribution in [1.29, 1.82) is 0 Å². The summed E-state index contributed by atoms with van der Waals surface area (Å²) < 4.78 is 5.19. The first-order chi connectivity index (χ1) is 9.15. The standard InChI is InChI=1S/C16H25NO2/c1-12-8-9-17(2)16(15(12)11-18)10-13-4-6-14(19-3)7-5-13/h4-7,12,15-16,18H,8-11H2,1-3H3. The highest BCUT2D eigenvalue weighted by Gasteiger charge is 2.33. The van der Waals surface area contributed by atoms with Crippen molar-refractivity contribution in [3.63, 3.8) is 0 Å². The summed E-state index contributed by atoms with van der Waals surface area (Å²) in [6.45, 7) is 3.67. The van der Waals surface area contributed by atoms with E-state index in [2.05, 4.69) is 31.0 Å². The first-order valence-electron chi connectivity index (χ1n) is 7.09. The average molecular weight is 263 g/mol. The van der Waals surface area contributed by atoms with Crippen LogP contribution in [0.15, 0.2) is 24.3 Å². The molecule has 1 fully saturated rings. The van der Waals surface area contributed by atoms with Gasteiger partial charge in [-0.25, -0.2) is 0 Å². The van der Waals surface area contributed by atoms with Crippen molar-refractivity contribution < 1.29 is 9.84 Å². The van der Waals surface area contributed by atoms with E-state index in [1.165, 1.54) is 12.0 Å². The minimum absolute atomic E-state index is 0.284. The summed E-state index contributed by atoms with van der Waals surface area (Å²) in [5.74, 6) is 1.87. The lowest BCUT2D eigenvalue weighted by atomic mass is 9.79. The Bertz CT molecular complexity index is 390. The van der Waals surface area contributed by atoms with Crippen LogP contribution in [0.3, 0.4) is 0 Å². The minimum atomic E-state index is 0.284. The van der Waals surface area contributed by atoms with E-state index in [9.17, 15) is 5.11 Å². The number of aliphatic hydroxyl groups excluding tert-OH is 1. The third-order valence-electron chi connectivity index (χ3n) is 4.54. The second-order valence-corrected chi connectivity index (χ2v) is 5.71. The van der Waals surface area contributed by atoms with Crippen LogP contribution in [-0.2, 0) is 6.42 Å². The zero-order valence-corrected chi connectivity index (χ0v) is 12.2. The lowest BCUT2D eigenvalue weighted by molar-refractivity contribution is 0.0367. The SMILES string of the molecule is COc1ccc(CC2C(CO)C(C)CCN2C)cc1. The van der Waals surface area contributed by atoms with Gasteiger partial charge in [0.25, 0.3) is 0 Å². The Morgan fingerprint density at radius 1 is 1.32 bits per heavy atom. The van der Waals surface area contributed by atoms with E-state index in [4.69, 9.17) is 4.74 Å². The highest BCUT2D eigenvalue weighted by molar-refractivity contribution is 5.27. The van der Waals surface area contributed by atoms with E-state index in [1.807, 2.05) is 12.1 Å². The zero-order valence-electron chi connectivity index (χ0n) is 12.2. The third kappa shape index (κ3) is 3.28. The lowest BCUT2D eigenvalue weighted by Gasteiger charge is -2.42. The predicted molar refractivity (Wildman–Crippen MR) is 77.5 cm³/mol. The molecule has 3 unspecified atom stereocenters. The Morgan fingerprint density at radius 2 is 2.00 bits per heavy atom. The van der Waals surface area contributed by atoms with Gasteiger partial charge in [-0.3, -0.25) is 0 Å². The molecule has 3 atom stereocenters. The van der Waals surface area contributed by atoms with Gasteiger partial charge in [0, 0.05) is 18.6 Å². The number of hydrogen-bond acceptors (Lipinski definition) is 3. The number of hydrogen-bond donors (Lipinski definition) is 1. The largest absolute Gasteiger partial charge is 0.497 e. The molecule has 1 aliphatic rings. The van der Waals surface area contributed by atoms with Crippen LogP contribution in [0, 0.1) is 11.8 Å². The maximum Gasteiger partial charge on any atom is 0.118 e. The van der Waals surface area contributed by atoms with E-state index in [1.54, 1.807) is 7.11 Å². The van der Waals surface area contributed by atoms with Crippen molar-refractivity contribution in [2.75, 3.05) is 27.3 Å². The fourth-order valence-corrected chi connectivity index (χ4v) is 3.11. The molecule has 1 aliphatic heterocycles. The molecule has 1 aromatic carbocycles. The molecule has 1 saturated heterocycles. The molecule has 0 spiro atoms.